The van der Waals surface area contributed by atoms with E-state index in [1.165, 1.54) is 0 Å². The van der Waals surface area contributed by atoms with Crippen LogP contribution in [0.3, 0.4) is 0 Å². The van der Waals surface area contributed by atoms with Gasteiger partial charge in [-0.25, -0.2) is 4.79 Å². The maximum Gasteiger partial charge on any atom is 0.339 e. The molecule has 5 nitrogen and oxygen atoms in total. The summed E-state index contributed by atoms with van der Waals surface area (Å²) in [5.41, 5.74) is 0.138. The van der Waals surface area contributed by atoms with E-state index >= 15 is 0 Å². The predicted octanol–water partition coefficient (Wildman–Crippen LogP) is 2.37. The van der Waals surface area contributed by atoms with Gasteiger partial charge in [0.1, 0.15) is 5.60 Å². The van der Waals surface area contributed by atoms with Crippen molar-refractivity contribution in [3.63, 3.8) is 0 Å². The van der Waals surface area contributed by atoms with E-state index in [9.17, 15) is 9.59 Å². The number of benzene rings is 1. The Morgan fingerprint density at radius 2 is 1.75 bits per heavy atom. The van der Waals surface area contributed by atoms with Crippen LogP contribution in [0.15, 0.2) is 28.7 Å². The maximum atomic E-state index is 12.0. The lowest BCUT2D eigenvalue weighted by molar-refractivity contribution is -0.169. The number of carbonyl (C=O) groups excluding carboxylic acids is 2. The Labute approximate surface area is 126 Å². The summed E-state index contributed by atoms with van der Waals surface area (Å²) >= 11 is 3.32. The fourth-order valence-electron chi connectivity index (χ4n) is 1.57. The molecule has 1 atom stereocenters. The molecule has 0 heterocycles. The first kappa shape index (κ1) is 16.7. The van der Waals surface area contributed by atoms with Crippen LogP contribution in [0.5, 0.6) is 0 Å². The summed E-state index contributed by atoms with van der Waals surface area (Å²) in [4.78, 5) is 27.9. The fourth-order valence-corrected chi connectivity index (χ4v) is 1.84. The third-order valence-electron chi connectivity index (χ3n) is 2.45. The largest absolute Gasteiger partial charge is 0.459 e. The summed E-state index contributed by atoms with van der Waals surface area (Å²) in [5, 5.41) is 0. The summed E-state index contributed by atoms with van der Waals surface area (Å²) in [7, 11) is 0. The van der Waals surface area contributed by atoms with Crippen LogP contribution in [0.2, 0.25) is 0 Å². The van der Waals surface area contributed by atoms with Crippen molar-refractivity contribution in [2.45, 2.75) is 32.8 Å². The van der Waals surface area contributed by atoms with Crippen molar-refractivity contribution in [3.8, 4) is 0 Å². The second-order valence-electron chi connectivity index (χ2n) is 5.35. The van der Waals surface area contributed by atoms with Gasteiger partial charge in [0.15, 0.2) is 5.92 Å². The third-order valence-corrected chi connectivity index (χ3v) is 2.97. The van der Waals surface area contributed by atoms with Crippen molar-refractivity contribution in [3.05, 3.63) is 34.3 Å². The zero-order valence-electron chi connectivity index (χ0n) is 11.7. The van der Waals surface area contributed by atoms with E-state index in [0.29, 0.717) is 0 Å². The van der Waals surface area contributed by atoms with Crippen LogP contribution in [0.1, 0.15) is 26.3 Å². The van der Waals surface area contributed by atoms with Gasteiger partial charge in [0.25, 0.3) is 0 Å². The van der Waals surface area contributed by atoms with Gasteiger partial charge < -0.3 is 9.57 Å². The predicted molar refractivity (Wildman–Crippen MR) is 77.5 cm³/mol. The van der Waals surface area contributed by atoms with Crippen LogP contribution < -0.4 is 5.90 Å². The van der Waals surface area contributed by atoms with Crippen LogP contribution in [-0.2, 0) is 25.6 Å². The van der Waals surface area contributed by atoms with Gasteiger partial charge in [-0.2, -0.15) is 5.90 Å². The molecule has 0 aliphatic rings. The molecule has 1 rings (SSSR count). The maximum absolute atomic E-state index is 12.0. The van der Waals surface area contributed by atoms with E-state index in [0.717, 1.165) is 10.0 Å². The molecule has 0 bridgehead atoms. The van der Waals surface area contributed by atoms with Crippen molar-refractivity contribution in [1.29, 1.82) is 0 Å². The summed E-state index contributed by atoms with van der Waals surface area (Å²) < 4.78 is 6.13. The monoisotopic (exact) mass is 343 g/mol. The lowest BCUT2D eigenvalue weighted by Gasteiger charge is -2.22. The first-order valence-corrected chi connectivity index (χ1v) is 6.90. The molecule has 0 saturated heterocycles. The minimum Gasteiger partial charge on any atom is -0.459 e. The molecule has 1 aromatic rings. The zero-order chi connectivity index (χ0) is 15.3. The molecular formula is C14H18BrNO4. The second-order valence-corrected chi connectivity index (χ2v) is 6.27. The first-order chi connectivity index (χ1) is 9.23. The molecule has 20 heavy (non-hydrogen) atoms. The van der Waals surface area contributed by atoms with E-state index in [1.807, 2.05) is 24.3 Å². The third kappa shape index (κ3) is 5.30. The van der Waals surface area contributed by atoms with Crippen LogP contribution in [0.25, 0.3) is 0 Å². The highest BCUT2D eigenvalue weighted by atomic mass is 79.9. The molecule has 6 heteroatoms. The number of rotatable bonds is 4. The molecule has 0 unspecified atom stereocenters. The number of hydrogen-bond donors (Lipinski definition) is 1. The van der Waals surface area contributed by atoms with Crippen LogP contribution in [-0.4, -0.2) is 17.5 Å². The standard InChI is InChI=1S/C14H18BrNO4/c1-14(2,3)19-12(17)11(13(18)20-16)8-9-4-6-10(15)7-5-9/h4-7,11H,8,16H2,1-3H3/t11-/m1/s1. The molecule has 0 radical (unpaired) electrons. The molecule has 0 saturated carbocycles. The normalized spacial score (nSPS) is 12.7. The smallest absolute Gasteiger partial charge is 0.339 e. The Morgan fingerprint density at radius 3 is 2.20 bits per heavy atom. The van der Waals surface area contributed by atoms with Crippen LogP contribution in [0, 0.1) is 5.92 Å². The highest BCUT2D eigenvalue weighted by Crippen LogP contribution is 2.18. The van der Waals surface area contributed by atoms with Crippen LogP contribution in [0.4, 0.5) is 0 Å². The summed E-state index contributed by atoms with van der Waals surface area (Å²) in [5.74, 6) is 2.37. The fraction of sp³-hybridized carbons (Fsp3) is 0.429. The average molecular weight is 344 g/mol. The Kier molecular flexibility index (Phi) is 5.71. The number of halogens is 1. The molecule has 0 aromatic heterocycles. The number of ether oxygens (including phenoxy) is 1. The van der Waals surface area contributed by atoms with Crippen molar-refractivity contribution in [2.75, 3.05) is 0 Å². The van der Waals surface area contributed by atoms with Gasteiger partial charge >= 0.3 is 11.9 Å². The quantitative estimate of drug-likeness (QED) is 0.515. The van der Waals surface area contributed by atoms with Crippen molar-refractivity contribution < 1.29 is 19.2 Å². The topological polar surface area (TPSA) is 78.6 Å². The lowest BCUT2D eigenvalue weighted by atomic mass is 9.99. The average Bonchev–Trinajstić information content (AvgIpc) is 2.35. The van der Waals surface area contributed by atoms with E-state index < -0.39 is 23.5 Å². The van der Waals surface area contributed by atoms with E-state index in [2.05, 4.69) is 20.8 Å². The molecular weight excluding hydrogens is 326 g/mol. The SMILES string of the molecule is CC(C)(C)OC(=O)[C@@H](Cc1ccc(Br)cc1)C(=O)ON. The van der Waals surface area contributed by atoms with Gasteiger partial charge in [-0.3, -0.25) is 4.79 Å². The minimum absolute atomic E-state index is 0.179. The summed E-state index contributed by atoms with van der Waals surface area (Å²) in [6, 6.07) is 7.28. The molecule has 0 aliphatic heterocycles. The molecule has 0 fully saturated rings. The van der Waals surface area contributed by atoms with Crippen LogP contribution >= 0.6 is 15.9 Å². The number of esters is 1. The molecule has 0 spiro atoms. The molecule has 0 aliphatic carbocycles. The number of hydrogen-bond acceptors (Lipinski definition) is 5. The van der Waals surface area contributed by atoms with E-state index in [1.54, 1.807) is 20.8 Å². The molecule has 110 valence electrons. The van der Waals surface area contributed by atoms with Gasteiger partial charge in [0.05, 0.1) is 0 Å². The highest BCUT2D eigenvalue weighted by Gasteiger charge is 2.32. The minimum atomic E-state index is -1.07. The van der Waals surface area contributed by atoms with Gasteiger partial charge in [-0.05, 0) is 44.9 Å². The van der Waals surface area contributed by atoms with Crippen molar-refractivity contribution in [2.24, 2.45) is 11.8 Å². The molecule has 0 amide bonds. The first-order valence-electron chi connectivity index (χ1n) is 6.11. The Balaban J connectivity index is 2.87. The lowest BCUT2D eigenvalue weighted by Crippen LogP contribution is -2.35. The van der Waals surface area contributed by atoms with Gasteiger partial charge in [-0.15, -0.1) is 0 Å². The molecule has 1 aromatic carbocycles. The Bertz CT molecular complexity index is 479. The molecule has 2 N–H and O–H groups in total. The van der Waals surface area contributed by atoms with Gasteiger partial charge in [0.2, 0.25) is 0 Å². The number of nitrogens with two attached hydrogens (primary N) is 1. The zero-order valence-corrected chi connectivity index (χ0v) is 13.3. The van der Waals surface area contributed by atoms with Crippen molar-refractivity contribution in [1.82, 2.24) is 0 Å². The Hall–Kier alpha value is -1.40. The number of carbonyl (C=O) groups is 2. The summed E-state index contributed by atoms with van der Waals surface area (Å²) in [6.07, 6.45) is 0.179. The second kappa shape index (κ2) is 6.85. The Morgan fingerprint density at radius 1 is 1.20 bits per heavy atom. The van der Waals surface area contributed by atoms with Gasteiger partial charge in [-0.1, -0.05) is 28.1 Å². The van der Waals surface area contributed by atoms with Gasteiger partial charge in [0, 0.05) is 4.47 Å². The van der Waals surface area contributed by atoms with Crippen molar-refractivity contribution >= 4 is 27.9 Å². The van der Waals surface area contributed by atoms with E-state index in [-0.39, 0.29) is 6.42 Å². The highest BCUT2D eigenvalue weighted by molar-refractivity contribution is 9.10. The van der Waals surface area contributed by atoms with E-state index in [4.69, 9.17) is 10.6 Å². The summed E-state index contributed by atoms with van der Waals surface area (Å²) in [6.45, 7) is 5.19.